The standard InChI is InChI=1S/C21H19FN2O3/c1-26-20-11-8-15(12-21(20)27-2)19(25)5-3-4-17-13-18(24-23-17)14-6-9-16(22)10-7-14/h3-4,6-13H,5H2,1-2H3,(H,23,24). The van der Waals surface area contributed by atoms with E-state index < -0.39 is 0 Å². The summed E-state index contributed by atoms with van der Waals surface area (Å²) in [5, 5.41) is 7.09. The van der Waals surface area contributed by atoms with Gasteiger partial charge in [0.1, 0.15) is 5.82 Å². The van der Waals surface area contributed by atoms with Gasteiger partial charge in [-0.15, -0.1) is 0 Å². The molecule has 1 N–H and O–H groups in total. The molecule has 0 unspecified atom stereocenters. The number of aromatic amines is 1. The summed E-state index contributed by atoms with van der Waals surface area (Å²) in [5.74, 6) is 0.772. The number of rotatable bonds is 7. The number of H-pyrrole nitrogens is 1. The number of carbonyl (C=O) groups is 1. The van der Waals surface area contributed by atoms with Crippen molar-refractivity contribution in [1.82, 2.24) is 10.2 Å². The number of ether oxygens (including phenoxy) is 2. The molecule has 1 aromatic heterocycles. The molecule has 138 valence electrons. The molecule has 0 aliphatic heterocycles. The molecule has 3 aromatic rings. The van der Waals surface area contributed by atoms with E-state index in [-0.39, 0.29) is 18.0 Å². The topological polar surface area (TPSA) is 64.2 Å². The average molecular weight is 366 g/mol. The fourth-order valence-corrected chi connectivity index (χ4v) is 2.61. The van der Waals surface area contributed by atoms with Crippen LogP contribution in [0.25, 0.3) is 17.3 Å². The van der Waals surface area contributed by atoms with Crippen LogP contribution in [0.15, 0.2) is 54.6 Å². The van der Waals surface area contributed by atoms with Crippen LogP contribution in [0.1, 0.15) is 22.5 Å². The maximum Gasteiger partial charge on any atom is 0.166 e. The van der Waals surface area contributed by atoms with Gasteiger partial charge in [-0.2, -0.15) is 5.10 Å². The van der Waals surface area contributed by atoms with Crippen molar-refractivity contribution in [3.05, 3.63) is 71.7 Å². The minimum Gasteiger partial charge on any atom is -0.493 e. The van der Waals surface area contributed by atoms with Gasteiger partial charge >= 0.3 is 0 Å². The van der Waals surface area contributed by atoms with E-state index in [2.05, 4.69) is 10.2 Å². The second-order valence-corrected chi connectivity index (χ2v) is 5.81. The molecule has 0 bridgehead atoms. The van der Waals surface area contributed by atoms with E-state index in [1.165, 1.54) is 19.2 Å². The number of Topliss-reactive ketones (excluding diaryl/α,β-unsaturated/α-hetero) is 1. The number of aromatic nitrogens is 2. The number of halogens is 1. The third kappa shape index (κ3) is 4.41. The minimum absolute atomic E-state index is 0.0366. The summed E-state index contributed by atoms with van der Waals surface area (Å²) in [5.41, 5.74) is 2.83. The normalized spacial score (nSPS) is 10.9. The molecule has 27 heavy (non-hydrogen) atoms. The predicted octanol–water partition coefficient (Wildman–Crippen LogP) is 4.52. The number of hydrogen-bond acceptors (Lipinski definition) is 4. The predicted molar refractivity (Wildman–Crippen MR) is 102 cm³/mol. The first-order valence-corrected chi connectivity index (χ1v) is 8.34. The summed E-state index contributed by atoms with van der Waals surface area (Å²) in [4.78, 5) is 12.4. The molecule has 6 heteroatoms. The highest BCUT2D eigenvalue weighted by Gasteiger charge is 2.09. The lowest BCUT2D eigenvalue weighted by Crippen LogP contribution is -1.99. The first-order chi connectivity index (χ1) is 13.1. The Labute approximate surface area is 156 Å². The van der Waals surface area contributed by atoms with Gasteiger partial charge in [0, 0.05) is 17.5 Å². The summed E-state index contributed by atoms with van der Waals surface area (Å²) in [6.07, 6.45) is 3.79. The van der Waals surface area contributed by atoms with Gasteiger partial charge in [0.05, 0.1) is 25.6 Å². The number of nitrogens with one attached hydrogen (secondary N) is 1. The van der Waals surface area contributed by atoms with Crippen LogP contribution in [-0.2, 0) is 0 Å². The van der Waals surface area contributed by atoms with E-state index >= 15 is 0 Å². The summed E-state index contributed by atoms with van der Waals surface area (Å²) in [7, 11) is 3.08. The zero-order valence-electron chi connectivity index (χ0n) is 15.0. The molecule has 0 fully saturated rings. The van der Waals surface area contributed by atoms with Crippen LogP contribution in [0, 0.1) is 5.82 Å². The van der Waals surface area contributed by atoms with Gasteiger partial charge in [0.2, 0.25) is 0 Å². The maximum absolute atomic E-state index is 13.0. The van der Waals surface area contributed by atoms with E-state index in [1.807, 2.05) is 6.07 Å². The molecule has 0 aliphatic carbocycles. The van der Waals surface area contributed by atoms with Gasteiger partial charge in [-0.05, 0) is 54.6 Å². The zero-order valence-corrected chi connectivity index (χ0v) is 15.0. The molecule has 0 radical (unpaired) electrons. The van der Waals surface area contributed by atoms with Crippen molar-refractivity contribution >= 4 is 11.9 Å². The van der Waals surface area contributed by atoms with Crippen molar-refractivity contribution in [2.45, 2.75) is 6.42 Å². The Morgan fingerprint density at radius 2 is 1.81 bits per heavy atom. The third-order valence-electron chi connectivity index (χ3n) is 4.04. The van der Waals surface area contributed by atoms with Crippen LogP contribution in [0.5, 0.6) is 11.5 Å². The molecule has 2 aromatic carbocycles. The Bertz CT molecular complexity index is 962. The summed E-state index contributed by atoms with van der Waals surface area (Å²) in [6.45, 7) is 0. The molecular weight excluding hydrogens is 347 g/mol. The van der Waals surface area contributed by atoms with E-state index in [4.69, 9.17) is 9.47 Å². The first-order valence-electron chi connectivity index (χ1n) is 8.34. The van der Waals surface area contributed by atoms with E-state index in [0.29, 0.717) is 22.8 Å². The van der Waals surface area contributed by atoms with Gasteiger partial charge in [-0.3, -0.25) is 9.89 Å². The Hall–Kier alpha value is -3.41. The van der Waals surface area contributed by atoms with Gasteiger partial charge < -0.3 is 9.47 Å². The second kappa shape index (κ2) is 8.31. The molecule has 5 nitrogen and oxygen atoms in total. The fourth-order valence-electron chi connectivity index (χ4n) is 2.61. The molecule has 0 amide bonds. The summed E-state index contributed by atoms with van der Waals surface area (Å²) in [6, 6.07) is 13.0. The van der Waals surface area contributed by atoms with E-state index in [9.17, 15) is 9.18 Å². The molecule has 3 rings (SSSR count). The van der Waals surface area contributed by atoms with Crippen LogP contribution in [-0.4, -0.2) is 30.2 Å². The van der Waals surface area contributed by atoms with Crippen molar-refractivity contribution in [3.63, 3.8) is 0 Å². The van der Waals surface area contributed by atoms with Gasteiger partial charge in [-0.25, -0.2) is 4.39 Å². The Morgan fingerprint density at radius 3 is 2.52 bits per heavy atom. The van der Waals surface area contributed by atoms with Crippen molar-refractivity contribution in [1.29, 1.82) is 0 Å². The lowest BCUT2D eigenvalue weighted by Gasteiger charge is -2.08. The molecule has 0 spiro atoms. The lowest BCUT2D eigenvalue weighted by molar-refractivity contribution is 0.0995. The number of ketones is 1. The number of benzene rings is 2. The van der Waals surface area contributed by atoms with Gasteiger partial charge in [-0.1, -0.05) is 6.08 Å². The highest BCUT2D eigenvalue weighted by atomic mass is 19.1. The molecule has 0 atom stereocenters. The quantitative estimate of drug-likeness (QED) is 0.625. The number of allylic oxidation sites excluding steroid dienone is 1. The van der Waals surface area contributed by atoms with Crippen molar-refractivity contribution in [2.75, 3.05) is 14.2 Å². The SMILES string of the molecule is COc1ccc(C(=O)CC=Cc2cc(-c3ccc(F)cc3)n[nH]2)cc1OC. The third-order valence-corrected chi connectivity index (χ3v) is 4.04. The summed E-state index contributed by atoms with van der Waals surface area (Å²) < 4.78 is 23.4. The highest BCUT2D eigenvalue weighted by molar-refractivity contribution is 5.98. The fraction of sp³-hybridized carbons (Fsp3) is 0.143. The zero-order chi connectivity index (χ0) is 19.2. The number of methoxy groups -OCH3 is 2. The smallest absolute Gasteiger partial charge is 0.166 e. The highest BCUT2D eigenvalue weighted by Crippen LogP contribution is 2.28. The molecule has 0 saturated carbocycles. The maximum atomic E-state index is 13.0. The van der Waals surface area contributed by atoms with Crippen molar-refractivity contribution < 1.29 is 18.7 Å². The van der Waals surface area contributed by atoms with Crippen LogP contribution in [0.2, 0.25) is 0 Å². The van der Waals surface area contributed by atoms with Gasteiger partial charge in [0.25, 0.3) is 0 Å². The van der Waals surface area contributed by atoms with Crippen LogP contribution in [0.4, 0.5) is 4.39 Å². The van der Waals surface area contributed by atoms with Gasteiger partial charge in [0.15, 0.2) is 17.3 Å². The monoisotopic (exact) mass is 366 g/mol. The lowest BCUT2D eigenvalue weighted by atomic mass is 10.1. The Kier molecular flexibility index (Phi) is 5.66. The average Bonchev–Trinajstić information content (AvgIpc) is 3.16. The number of carbonyl (C=O) groups excluding carboxylic acids is 1. The van der Waals surface area contributed by atoms with Crippen LogP contribution in [0.3, 0.4) is 0 Å². The number of hydrogen-bond donors (Lipinski definition) is 1. The van der Waals surface area contributed by atoms with Crippen molar-refractivity contribution in [3.8, 4) is 22.8 Å². The first kappa shape index (κ1) is 18.4. The van der Waals surface area contributed by atoms with Crippen molar-refractivity contribution in [2.24, 2.45) is 0 Å². The molecular formula is C21H19FN2O3. The second-order valence-electron chi connectivity index (χ2n) is 5.81. The Morgan fingerprint density at radius 1 is 1.07 bits per heavy atom. The van der Waals surface area contributed by atoms with Crippen LogP contribution < -0.4 is 9.47 Å². The molecule has 0 aliphatic rings. The molecule has 0 saturated heterocycles. The van der Waals surface area contributed by atoms with E-state index in [0.717, 1.165) is 11.3 Å². The minimum atomic E-state index is -0.289. The molecule has 1 heterocycles. The summed E-state index contributed by atoms with van der Waals surface area (Å²) >= 11 is 0. The van der Waals surface area contributed by atoms with Crippen LogP contribution >= 0.6 is 0 Å². The largest absolute Gasteiger partial charge is 0.493 e. The number of nitrogens with zero attached hydrogens (tertiary/aromatic N) is 1. The Balaban J connectivity index is 1.65. The van der Waals surface area contributed by atoms with E-state index in [1.54, 1.807) is 49.6 Å².